The molecule has 0 bridgehead atoms. The number of anilines is 1. The molecule has 3 rings (SSSR count). The smallest absolute Gasteiger partial charge is 0.227 e. The van der Waals surface area contributed by atoms with Crippen molar-refractivity contribution in [1.29, 1.82) is 0 Å². The molecule has 2 aliphatic rings. The quantitative estimate of drug-likeness (QED) is 0.918. The molecule has 5 heteroatoms. The van der Waals surface area contributed by atoms with E-state index in [0.29, 0.717) is 25.3 Å². The normalized spacial score (nSPS) is 24.5. The van der Waals surface area contributed by atoms with E-state index in [2.05, 4.69) is 6.92 Å². The van der Waals surface area contributed by atoms with E-state index in [0.717, 1.165) is 43.6 Å². The highest BCUT2D eigenvalue weighted by molar-refractivity contribution is 5.95. The fourth-order valence-corrected chi connectivity index (χ4v) is 3.91. The largest absolute Gasteiger partial charge is 0.338 e. The molecule has 0 spiro atoms. The van der Waals surface area contributed by atoms with Gasteiger partial charge in [0.2, 0.25) is 11.8 Å². The van der Waals surface area contributed by atoms with Crippen LogP contribution in [-0.2, 0) is 16.0 Å². The van der Waals surface area contributed by atoms with Crippen molar-refractivity contribution in [3.05, 3.63) is 29.8 Å². The summed E-state index contributed by atoms with van der Waals surface area (Å²) in [5.41, 5.74) is 7.81. The first kappa shape index (κ1) is 17.0. The number of benzene rings is 1. The van der Waals surface area contributed by atoms with E-state index in [1.807, 2.05) is 34.1 Å². The van der Waals surface area contributed by atoms with Gasteiger partial charge in [0, 0.05) is 37.8 Å². The maximum Gasteiger partial charge on any atom is 0.227 e. The van der Waals surface area contributed by atoms with Gasteiger partial charge in [-0.1, -0.05) is 19.1 Å². The van der Waals surface area contributed by atoms with E-state index in [4.69, 9.17) is 5.73 Å². The van der Waals surface area contributed by atoms with Crippen LogP contribution in [0.4, 0.5) is 5.69 Å². The summed E-state index contributed by atoms with van der Waals surface area (Å²) in [6.07, 6.45) is 4.15. The van der Waals surface area contributed by atoms with Crippen molar-refractivity contribution >= 4 is 17.5 Å². The Kier molecular flexibility index (Phi) is 5.19. The molecule has 24 heavy (non-hydrogen) atoms. The first-order chi connectivity index (χ1) is 11.6. The molecular weight excluding hydrogens is 302 g/mol. The molecule has 2 atom stereocenters. The van der Waals surface area contributed by atoms with Gasteiger partial charge in [-0.15, -0.1) is 0 Å². The SMILES string of the molecule is C[C@@H]1CCCN(C(=O)Cc2ccc(N3CCCC3=O)cc2)[C@H]1CN. The van der Waals surface area contributed by atoms with Gasteiger partial charge >= 0.3 is 0 Å². The van der Waals surface area contributed by atoms with Gasteiger partial charge in [0.15, 0.2) is 0 Å². The van der Waals surface area contributed by atoms with Crippen LogP contribution in [0, 0.1) is 5.92 Å². The minimum atomic E-state index is 0.155. The Morgan fingerprint density at radius 1 is 1.21 bits per heavy atom. The van der Waals surface area contributed by atoms with E-state index in [1.54, 1.807) is 0 Å². The van der Waals surface area contributed by atoms with Crippen LogP contribution >= 0.6 is 0 Å². The third kappa shape index (κ3) is 3.46. The topological polar surface area (TPSA) is 66.6 Å². The zero-order valence-corrected chi connectivity index (χ0v) is 14.4. The molecule has 1 aromatic rings. The number of nitrogens with zero attached hydrogens (tertiary/aromatic N) is 2. The van der Waals surface area contributed by atoms with Gasteiger partial charge in [-0.25, -0.2) is 0 Å². The summed E-state index contributed by atoms with van der Waals surface area (Å²) in [4.78, 5) is 28.3. The first-order valence-corrected chi connectivity index (χ1v) is 8.99. The minimum absolute atomic E-state index is 0.155. The summed E-state index contributed by atoms with van der Waals surface area (Å²) in [7, 11) is 0. The number of hydrogen-bond donors (Lipinski definition) is 1. The van der Waals surface area contributed by atoms with Gasteiger partial charge in [-0.05, 0) is 42.9 Å². The van der Waals surface area contributed by atoms with E-state index >= 15 is 0 Å². The molecule has 5 nitrogen and oxygen atoms in total. The number of likely N-dealkylation sites (tertiary alicyclic amines) is 1. The van der Waals surface area contributed by atoms with Crippen LogP contribution in [-0.4, -0.2) is 42.4 Å². The van der Waals surface area contributed by atoms with E-state index in [1.165, 1.54) is 0 Å². The Labute approximate surface area is 143 Å². The molecule has 2 fully saturated rings. The van der Waals surface area contributed by atoms with Crippen molar-refractivity contribution in [3.63, 3.8) is 0 Å². The van der Waals surface area contributed by atoms with Crippen molar-refractivity contribution in [1.82, 2.24) is 4.90 Å². The fraction of sp³-hybridized carbons (Fsp3) is 0.579. The lowest BCUT2D eigenvalue weighted by atomic mass is 9.90. The van der Waals surface area contributed by atoms with Crippen molar-refractivity contribution in [2.75, 3.05) is 24.5 Å². The number of hydrogen-bond acceptors (Lipinski definition) is 3. The van der Waals surface area contributed by atoms with Crippen LogP contribution in [0.25, 0.3) is 0 Å². The van der Waals surface area contributed by atoms with Crippen LogP contribution in [0.3, 0.4) is 0 Å². The molecule has 0 saturated carbocycles. The zero-order valence-electron chi connectivity index (χ0n) is 14.4. The van der Waals surface area contributed by atoms with Gasteiger partial charge in [0.05, 0.1) is 6.42 Å². The summed E-state index contributed by atoms with van der Waals surface area (Å²) < 4.78 is 0. The van der Waals surface area contributed by atoms with Gasteiger partial charge in [0.1, 0.15) is 0 Å². The average Bonchev–Trinajstić information content (AvgIpc) is 3.01. The molecule has 130 valence electrons. The molecule has 2 aliphatic heterocycles. The van der Waals surface area contributed by atoms with E-state index in [9.17, 15) is 9.59 Å². The van der Waals surface area contributed by atoms with Crippen molar-refractivity contribution in [2.24, 2.45) is 11.7 Å². The standard InChI is InChI=1S/C19H27N3O2/c1-14-4-2-11-22(17(14)13-20)19(24)12-15-6-8-16(9-7-15)21-10-3-5-18(21)23/h6-9,14,17H,2-5,10-13,20H2,1H3/t14-,17+/m1/s1. The summed E-state index contributed by atoms with van der Waals surface area (Å²) >= 11 is 0. The number of amides is 2. The molecule has 2 heterocycles. The Bertz CT molecular complexity index is 599. The van der Waals surface area contributed by atoms with Crippen molar-refractivity contribution < 1.29 is 9.59 Å². The van der Waals surface area contributed by atoms with E-state index in [-0.39, 0.29) is 17.9 Å². The lowest BCUT2D eigenvalue weighted by Crippen LogP contribution is -2.51. The summed E-state index contributed by atoms with van der Waals surface area (Å²) in [6.45, 7) is 4.31. The van der Waals surface area contributed by atoms with Gasteiger partial charge < -0.3 is 15.5 Å². The maximum absolute atomic E-state index is 12.7. The molecule has 0 unspecified atom stereocenters. The Morgan fingerprint density at radius 3 is 2.58 bits per heavy atom. The fourth-order valence-electron chi connectivity index (χ4n) is 3.91. The lowest BCUT2D eigenvalue weighted by Gasteiger charge is -2.39. The predicted octanol–water partition coefficient (Wildman–Crippen LogP) is 1.94. The number of carbonyl (C=O) groups excluding carboxylic acids is 2. The summed E-state index contributed by atoms with van der Waals surface area (Å²) in [5.74, 6) is 0.810. The third-order valence-corrected chi connectivity index (χ3v) is 5.35. The van der Waals surface area contributed by atoms with Gasteiger partial charge in [-0.3, -0.25) is 9.59 Å². The predicted molar refractivity (Wildman–Crippen MR) is 94.7 cm³/mol. The second kappa shape index (κ2) is 7.34. The Balaban J connectivity index is 1.65. The van der Waals surface area contributed by atoms with Gasteiger partial charge in [0.25, 0.3) is 0 Å². The molecule has 2 N–H and O–H groups in total. The van der Waals surface area contributed by atoms with Crippen molar-refractivity contribution in [3.8, 4) is 0 Å². The van der Waals surface area contributed by atoms with Crippen LogP contribution in [0.1, 0.15) is 38.2 Å². The van der Waals surface area contributed by atoms with Crippen molar-refractivity contribution in [2.45, 2.75) is 45.1 Å². The molecule has 0 aromatic heterocycles. The number of piperidine rings is 1. The molecule has 0 aliphatic carbocycles. The first-order valence-electron chi connectivity index (χ1n) is 8.99. The average molecular weight is 329 g/mol. The van der Waals surface area contributed by atoms with Crippen LogP contribution < -0.4 is 10.6 Å². The zero-order chi connectivity index (χ0) is 17.1. The van der Waals surface area contributed by atoms with E-state index < -0.39 is 0 Å². The Hall–Kier alpha value is -1.88. The highest BCUT2D eigenvalue weighted by atomic mass is 16.2. The third-order valence-electron chi connectivity index (χ3n) is 5.35. The minimum Gasteiger partial charge on any atom is -0.338 e. The molecule has 0 radical (unpaired) electrons. The highest BCUT2D eigenvalue weighted by Crippen LogP contribution is 2.25. The highest BCUT2D eigenvalue weighted by Gasteiger charge is 2.30. The monoisotopic (exact) mass is 329 g/mol. The lowest BCUT2D eigenvalue weighted by molar-refractivity contribution is -0.135. The number of rotatable bonds is 4. The van der Waals surface area contributed by atoms with Crippen LogP contribution in [0.2, 0.25) is 0 Å². The molecule has 2 amide bonds. The molecule has 2 saturated heterocycles. The van der Waals surface area contributed by atoms with Crippen LogP contribution in [0.15, 0.2) is 24.3 Å². The van der Waals surface area contributed by atoms with Crippen LogP contribution in [0.5, 0.6) is 0 Å². The Morgan fingerprint density at radius 2 is 1.96 bits per heavy atom. The molecular formula is C19H27N3O2. The number of nitrogens with two attached hydrogens (primary N) is 1. The van der Waals surface area contributed by atoms with Gasteiger partial charge in [-0.2, -0.15) is 0 Å². The second-order valence-electron chi connectivity index (χ2n) is 7.00. The summed E-state index contributed by atoms with van der Waals surface area (Å²) in [5, 5.41) is 0. The number of carbonyl (C=O) groups is 2. The molecule has 1 aromatic carbocycles. The summed E-state index contributed by atoms with van der Waals surface area (Å²) in [6, 6.07) is 7.98. The second-order valence-corrected chi connectivity index (χ2v) is 7.00. The maximum atomic E-state index is 12.7.